The van der Waals surface area contributed by atoms with E-state index in [1.54, 1.807) is 24.3 Å². The Kier molecular flexibility index (Phi) is 3.83. The van der Waals surface area contributed by atoms with Crippen LogP contribution in [0.1, 0.15) is 24.2 Å². The fraction of sp³-hybridized carbons (Fsp3) is 0.300. The maximum Gasteiger partial charge on any atom is 0.145 e. The summed E-state index contributed by atoms with van der Waals surface area (Å²) in [6.45, 7) is 1.44. The molecule has 0 spiro atoms. The second-order valence-electron chi connectivity index (χ2n) is 3.20. The summed E-state index contributed by atoms with van der Waals surface area (Å²) in [5.74, 6) is 0. The second kappa shape index (κ2) is 4.91. The zero-order valence-electron chi connectivity index (χ0n) is 8.12. The van der Waals surface area contributed by atoms with Gasteiger partial charge in [0.1, 0.15) is 10.7 Å². The summed E-state index contributed by atoms with van der Waals surface area (Å²) in [6.07, 6.45) is -1.04. The van der Waals surface area contributed by atoms with Gasteiger partial charge in [-0.25, -0.2) is 8.42 Å². The van der Waals surface area contributed by atoms with E-state index in [-0.39, 0.29) is 0 Å². The van der Waals surface area contributed by atoms with Gasteiger partial charge in [0.2, 0.25) is 0 Å². The Bertz CT molecular complexity index is 437. The zero-order chi connectivity index (χ0) is 11.4. The maximum atomic E-state index is 10.7. The van der Waals surface area contributed by atoms with Crippen molar-refractivity contribution in [1.82, 2.24) is 0 Å². The van der Waals surface area contributed by atoms with Gasteiger partial charge >= 0.3 is 0 Å². The molecule has 1 aromatic rings. The van der Waals surface area contributed by atoms with Gasteiger partial charge in [0.25, 0.3) is 0 Å². The van der Waals surface area contributed by atoms with Crippen molar-refractivity contribution in [1.29, 1.82) is 5.26 Å². The lowest BCUT2D eigenvalue weighted by Crippen LogP contribution is -2.16. The molecule has 1 aromatic carbocycles. The molecule has 0 saturated heterocycles. The highest BCUT2D eigenvalue weighted by molar-refractivity contribution is 7.73. The standard InChI is InChI=1S/C10H11NO3S/c1-7(15(13)14)10(12)9-4-2-8(6-11)3-5-9/h2-5,7,10,12,15H,1H3/t7-,10+/m0/s1. The Labute approximate surface area is 89.7 Å². The van der Waals surface area contributed by atoms with Gasteiger partial charge < -0.3 is 5.11 Å². The molecule has 0 radical (unpaired) electrons. The van der Waals surface area contributed by atoms with Crippen LogP contribution in [-0.2, 0) is 10.7 Å². The topological polar surface area (TPSA) is 78.2 Å². The molecule has 0 aliphatic carbocycles. The third-order valence-corrected chi connectivity index (χ3v) is 3.12. The van der Waals surface area contributed by atoms with Crippen LogP contribution in [0, 0.1) is 11.3 Å². The summed E-state index contributed by atoms with van der Waals surface area (Å²) in [5.41, 5.74) is 0.978. The molecule has 0 amide bonds. The highest BCUT2D eigenvalue weighted by Crippen LogP contribution is 2.18. The first kappa shape index (κ1) is 11.7. The van der Waals surface area contributed by atoms with Crippen LogP contribution >= 0.6 is 0 Å². The molecule has 0 aliphatic heterocycles. The van der Waals surface area contributed by atoms with Crippen LogP contribution in [0.4, 0.5) is 0 Å². The first-order valence-corrected chi connectivity index (χ1v) is 5.62. The molecule has 0 unspecified atom stereocenters. The van der Waals surface area contributed by atoms with Gasteiger partial charge in [0, 0.05) is 0 Å². The molecular formula is C10H11NO3S. The Morgan fingerprint density at radius 2 is 1.87 bits per heavy atom. The van der Waals surface area contributed by atoms with E-state index in [1.807, 2.05) is 6.07 Å². The Hall–Kier alpha value is -1.38. The number of aliphatic hydroxyl groups excluding tert-OH is 1. The van der Waals surface area contributed by atoms with Crippen molar-refractivity contribution in [2.75, 3.05) is 0 Å². The first-order valence-electron chi connectivity index (χ1n) is 4.38. The summed E-state index contributed by atoms with van der Waals surface area (Å²) >= 11 is 0. The minimum atomic E-state index is -2.65. The van der Waals surface area contributed by atoms with E-state index >= 15 is 0 Å². The molecule has 4 nitrogen and oxygen atoms in total. The Balaban J connectivity index is 2.93. The van der Waals surface area contributed by atoms with Crippen molar-refractivity contribution in [3.63, 3.8) is 0 Å². The second-order valence-corrected chi connectivity index (χ2v) is 4.59. The summed E-state index contributed by atoms with van der Waals surface area (Å²) in [5, 5.41) is 17.4. The quantitative estimate of drug-likeness (QED) is 0.738. The van der Waals surface area contributed by atoms with Crippen molar-refractivity contribution in [2.45, 2.75) is 18.3 Å². The number of aliphatic hydroxyl groups is 1. The highest BCUT2D eigenvalue weighted by atomic mass is 32.2. The van der Waals surface area contributed by atoms with Crippen molar-refractivity contribution < 1.29 is 13.5 Å². The van der Waals surface area contributed by atoms with Crippen LogP contribution in [0.25, 0.3) is 0 Å². The Morgan fingerprint density at radius 1 is 1.33 bits per heavy atom. The fourth-order valence-corrected chi connectivity index (χ4v) is 1.55. The largest absolute Gasteiger partial charge is 0.387 e. The summed E-state index contributed by atoms with van der Waals surface area (Å²) in [6, 6.07) is 8.14. The third kappa shape index (κ3) is 2.78. The average molecular weight is 225 g/mol. The lowest BCUT2D eigenvalue weighted by atomic mass is 10.1. The minimum absolute atomic E-state index is 0.477. The average Bonchev–Trinajstić information content (AvgIpc) is 2.27. The highest BCUT2D eigenvalue weighted by Gasteiger charge is 2.18. The summed E-state index contributed by atoms with van der Waals surface area (Å²) < 4.78 is 21.3. The van der Waals surface area contributed by atoms with Gasteiger partial charge in [-0.1, -0.05) is 12.1 Å². The molecule has 0 aliphatic rings. The van der Waals surface area contributed by atoms with Gasteiger partial charge in [-0.15, -0.1) is 0 Å². The van der Waals surface area contributed by atoms with E-state index in [4.69, 9.17) is 5.26 Å². The third-order valence-electron chi connectivity index (χ3n) is 2.17. The van der Waals surface area contributed by atoms with E-state index in [0.29, 0.717) is 11.1 Å². The molecule has 1 N–H and O–H groups in total. The molecule has 0 fully saturated rings. The monoisotopic (exact) mass is 225 g/mol. The molecular weight excluding hydrogens is 214 g/mol. The number of hydrogen-bond acceptors (Lipinski definition) is 4. The maximum absolute atomic E-state index is 10.7. The van der Waals surface area contributed by atoms with E-state index in [1.165, 1.54) is 6.92 Å². The van der Waals surface area contributed by atoms with Crippen molar-refractivity contribution >= 4 is 10.7 Å². The van der Waals surface area contributed by atoms with Crippen molar-refractivity contribution in [2.24, 2.45) is 0 Å². The van der Waals surface area contributed by atoms with Crippen LogP contribution in [0.3, 0.4) is 0 Å². The number of thiol groups is 1. The number of rotatable bonds is 3. The minimum Gasteiger partial charge on any atom is -0.387 e. The number of hydrogen-bond donors (Lipinski definition) is 2. The molecule has 0 saturated carbocycles. The van der Waals surface area contributed by atoms with Crippen molar-refractivity contribution in [3.05, 3.63) is 35.4 Å². The normalized spacial score (nSPS) is 14.5. The smallest absolute Gasteiger partial charge is 0.145 e. The summed E-state index contributed by atoms with van der Waals surface area (Å²) in [4.78, 5) is 0. The van der Waals surface area contributed by atoms with E-state index in [2.05, 4.69) is 0 Å². The van der Waals surface area contributed by atoms with Crippen LogP contribution < -0.4 is 0 Å². The van der Waals surface area contributed by atoms with Gasteiger partial charge in [-0.3, -0.25) is 0 Å². The molecule has 5 heteroatoms. The van der Waals surface area contributed by atoms with Gasteiger partial charge in [-0.2, -0.15) is 5.26 Å². The van der Waals surface area contributed by atoms with E-state index in [0.717, 1.165) is 0 Å². The van der Waals surface area contributed by atoms with Crippen LogP contribution in [0.5, 0.6) is 0 Å². The molecule has 2 atom stereocenters. The lowest BCUT2D eigenvalue weighted by Gasteiger charge is -2.13. The van der Waals surface area contributed by atoms with Gasteiger partial charge in [0.15, 0.2) is 0 Å². The van der Waals surface area contributed by atoms with E-state index in [9.17, 15) is 13.5 Å². The molecule has 15 heavy (non-hydrogen) atoms. The van der Waals surface area contributed by atoms with E-state index < -0.39 is 22.1 Å². The molecule has 0 heterocycles. The van der Waals surface area contributed by atoms with Gasteiger partial charge in [0.05, 0.1) is 23.0 Å². The summed E-state index contributed by atoms with van der Waals surface area (Å²) in [7, 11) is -2.65. The molecule has 0 bridgehead atoms. The lowest BCUT2D eigenvalue weighted by molar-refractivity contribution is 0.177. The number of benzene rings is 1. The molecule has 80 valence electrons. The first-order chi connectivity index (χ1) is 7.06. The number of nitrogens with zero attached hydrogens (tertiary/aromatic N) is 1. The molecule has 1 rings (SSSR count). The van der Waals surface area contributed by atoms with Crippen LogP contribution in [0.2, 0.25) is 0 Å². The molecule has 0 aromatic heterocycles. The van der Waals surface area contributed by atoms with Crippen LogP contribution in [-0.4, -0.2) is 18.8 Å². The Morgan fingerprint density at radius 3 is 2.27 bits per heavy atom. The fourth-order valence-electron chi connectivity index (χ4n) is 1.15. The van der Waals surface area contributed by atoms with Gasteiger partial charge in [-0.05, 0) is 24.6 Å². The predicted octanol–water partition coefficient (Wildman–Crippen LogP) is 0.592. The SMILES string of the molecule is C[C@@H]([C@@H](O)c1ccc(C#N)cc1)[SH](=O)=O. The predicted molar refractivity (Wildman–Crippen MR) is 55.9 cm³/mol. The van der Waals surface area contributed by atoms with Crippen LogP contribution in [0.15, 0.2) is 24.3 Å². The zero-order valence-corrected chi connectivity index (χ0v) is 9.02. The van der Waals surface area contributed by atoms with Crippen molar-refractivity contribution in [3.8, 4) is 6.07 Å². The number of nitriles is 1.